The normalized spacial score (nSPS) is 34.5. The van der Waals surface area contributed by atoms with E-state index in [2.05, 4.69) is 0 Å². The van der Waals surface area contributed by atoms with E-state index in [-0.39, 0.29) is 30.7 Å². The lowest BCUT2D eigenvalue weighted by atomic mass is 9.99. The van der Waals surface area contributed by atoms with Crippen molar-refractivity contribution < 1.29 is 15.0 Å². The van der Waals surface area contributed by atoms with Crippen LogP contribution in [0.5, 0.6) is 0 Å². The first-order chi connectivity index (χ1) is 7.22. The molecule has 0 aromatic carbocycles. The number of aliphatic hydroxyl groups excluding tert-OH is 2. The van der Waals surface area contributed by atoms with Crippen molar-refractivity contribution in [2.45, 2.75) is 56.7 Å². The van der Waals surface area contributed by atoms with Crippen molar-refractivity contribution >= 4 is 5.91 Å². The summed E-state index contributed by atoms with van der Waals surface area (Å²) >= 11 is 0. The van der Waals surface area contributed by atoms with Crippen LogP contribution in [0.3, 0.4) is 0 Å². The molecule has 2 unspecified atom stereocenters. The van der Waals surface area contributed by atoms with E-state index in [0.717, 1.165) is 25.7 Å². The van der Waals surface area contributed by atoms with Gasteiger partial charge >= 0.3 is 0 Å². The van der Waals surface area contributed by atoms with Crippen molar-refractivity contribution in [3.8, 4) is 0 Å². The van der Waals surface area contributed by atoms with Gasteiger partial charge in [-0.25, -0.2) is 0 Å². The Hall–Kier alpha value is -0.610. The molecule has 86 valence electrons. The molecule has 0 spiro atoms. The van der Waals surface area contributed by atoms with Gasteiger partial charge in [0, 0.05) is 25.1 Å². The quantitative estimate of drug-likeness (QED) is 0.707. The van der Waals surface area contributed by atoms with Gasteiger partial charge in [0.1, 0.15) is 0 Å². The minimum Gasteiger partial charge on any atom is -0.396 e. The molecule has 15 heavy (non-hydrogen) atoms. The molecule has 0 aliphatic carbocycles. The molecule has 0 aromatic rings. The van der Waals surface area contributed by atoms with E-state index >= 15 is 0 Å². The highest BCUT2D eigenvalue weighted by Gasteiger charge is 2.42. The highest BCUT2D eigenvalue weighted by atomic mass is 16.3. The molecule has 0 saturated carbocycles. The number of carbonyl (C=O) groups excluding carboxylic acids is 1. The maximum Gasteiger partial charge on any atom is 0.223 e. The van der Waals surface area contributed by atoms with Crippen LogP contribution in [-0.4, -0.2) is 45.8 Å². The van der Waals surface area contributed by atoms with Crippen molar-refractivity contribution in [3.05, 3.63) is 0 Å². The van der Waals surface area contributed by atoms with Crippen molar-refractivity contribution in [1.29, 1.82) is 0 Å². The molecule has 1 amide bonds. The number of nitrogens with zero attached hydrogens (tertiary/aromatic N) is 1. The lowest BCUT2D eigenvalue weighted by Gasteiger charge is -2.37. The van der Waals surface area contributed by atoms with E-state index in [0.29, 0.717) is 12.8 Å². The molecule has 2 aliphatic heterocycles. The Balaban J connectivity index is 1.95. The number of aliphatic hydroxyl groups is 2. The first kappa shape index (κ1) is 10.9. The molecular weight excluding hydrogens is 194 g/mol. The van der Waals surface area contributed by atoms with Gasteiger partial charge in [0.2, 0.25) is 5.91 Å². The summed E-state index contributed by atoms with van der Waals surface area (Å²) in [5.41, 5.74) is 0. The fraction of sp³-hybridized carbons (Fsp3) is 0.909. The molecule has 0 radical (unpaired) electrons. The van der Waals surface area contributed by atoms with Gasteiger partial charge < -0.3 is 15.1 Å². The fourth-order valence-corrected chi connectivity index (χ4v) is 2.91. The van der Waals surface area contributed by atoms with Gasteiger partial charge in [-0.15, -0.1) is 0 Å². The summed E-state index contributed by atoms with van der Waals surface area (Å²) < 4.78 is 0. The summed E-state index contributed by atoms with van der Waals surface area (Å²) in [5, 5.41) is 18.3. The van der Waals surface area contributed by atoms with Crippen LogP contribution in [0.25, 0.3) is 0 Å². The molecular formula is C11H19NO3. The van der Waals surface area contributed by atoms with Crippen LogP contribution in [0, 0.1) is 0 Å². The summed E-state index contributed by atoms with van der Waals surface area (Å²) in [4.78, 5) is 13.8. The van der Waals surface area contributed by atoms with Crippen molar-refractivity contribution in [2.75, 3.05) is 6.61 Å². The summed E-state index contributed by atoms with van der Waals surface area (Å²) in [5.74, 6) is 0.156. The number of piperidine rings is 1. The zero-order chi connectivity index (χ0) is 10.8. The Morgan fingerprint density at radius 1 is 1.27 bits per heavy atom. The molecule has 2 atom stereocenters. The van der Waals surface area contributed by atoms with Crippen LogP contribution < -0.4 is 0 Å². The van der Waals surface area contributed by atoms with Gasteiger partial charge in [0.15, 0.2) is 0 Å². The van der Waals surface area contributed by atoms with Crippen molar-refractivity contribution in [3.63, 3.8) is 0 Å². The monoisotopic (exact) mass is 213 g/mol. The van der Waals surface area contributed by atoms with Gasteiger partial charge in [-0.05, 0) is 32.1 Å². The fourth-order valence-electron chi connectivity index (χ4n) is 2.91. The van der Waals surface area contributed by atoms with E-state index in [9.17, 15) is 9.90 Å². The van der Waals surface area contributed by atoms with E-state index < -0.39 is 0 Å². The minimum absolute atomic E-state index is 0.0809. The predicted molar refractivity (Wildman–Crippen MR) is 55.2 cm³/mol. The first-order valence-corrected chi connectivity index (χ1v) is 5.82. The van der Waals surface area contributed by atoms with Crippen LogP contribution in [0.4, 0.5) is 0 Å². The number of rotatable bonds is 3. The summed E-state index contributed by atoms with van der Waals surface area (Å²) in [7, 11) is 0. The second kappa shape index (κ2) is 4.49. The lowest BCUT2D eigenvalue weighted by Crippen LogP contribution is -2.47. The summed E-state index contributed by atoms with van der Waals surface area (Å²) in [6.07, 6.45) is 4.32. The minimum atomic E-state index is -0.218. The number of amides is 1. The molecule has 2 bridgehead atoms. The maximum absolute atomic E-state index is 11.9. The Labute approximate surface area is 89.9 Å². The second-order valence-corrected chi connectivity index (χ2v) is 4.64. The summed E-state index contributed by atoms with van der Waals surface area (Å²) in [6, 6.07) is 0.509. The highest BCUT2D eigenvalue weighted by molar-refractivity contribution is 5.77. The maximum atomic E-state index is 11.9. The highest BCUT2D eigenvalue weighted by Crippen LogP contribution is 2.36. The first-order valence-electron chi connectivity index (χ1n) is 5.82. The number of hydrogen-bond donors (Lipinski definition) is 2. The molecule has 2 saturated heterocycles. The third kappa shape index (κ3) is 2.16. The molecule has 2 aliphatic rings. The van der Waals surface area contributed by atoms with Crippen LogP contribution >= 0.6 is 0 Å². The average molecular weight is 213 g/mol. The number of fused-ring (bicyclic) bond motifs is 2. The van der Waals surface area contributed by atoms with Gasteiger partial charge in [-0.1, -0.05) is 0 Å². The smallest absolute Gasteiger partial charge is 0.223 e. The largest absolute Gasteiger partial charge is 0.396 e. The van der Waals surface area contributed by atoms with Crippen molar-refractivity contribution in [2.24, 2.45) is 0 Å². The van der Waals surface area contributed by atoms with E-state index in [1.807, 2.05) is 4.90 Å². The number of carbonyl (C=O) groups is 1. The standard InChI is InChI=1S/C11H19NO3/c13-5-1-2-11(15)12-8-3-4-9(12)7-10(14)6-8/h8-10,13-14H,1-7H2. The zero-order valence-electron chi connectivity index (χ0n) is 8.93. The molecule has 2 N–H and O–H groups in total. The van der Waals surface area contributed by atoms with Crippen LogP contribution in [-0.2, 0) is 4.79 Å². The third-order valence-electron chi connectivity index (χ3n) is 3.54. The van der Waals surface area contributed by atoms with Crippen LogP contribution in [0.2, 0.25) is 0 Å². The van der Waals surface area contributed by atoms with Crippen LogP contribution in [0.15, 0.2) is 0 Å². The van der Waals surface area contributed by atoms with Gasteiger partial charge in [0.05, 0.1) is 6.10 Å². The lowest BCUT2D eigenvalue weighted by molar-refractivity contribution is -0.137. The van der Waals surface area contributed by atoms with E-state index in [4.69, 9.17) is 5.11 Å². The predicted octanol–water partition coefficient (Wildman–Crippen LogP) is 0.273. The van der Waals surface area contributed by atoms with Gasteiger partial charge in [0.25, 0.3) is 0 Å². The SMILES string of the molecule is O=C(CCCO)N1C2CCC1CC(O)C2. The zero-order valence-corrected chi connectivity index (χ0v) is 8.93. The Morgan fingerprint density at radius 3 is 2.40 bits per heavy atom. The van der Waals surface area contributed by atoms with Crippen LogP contribution in [0.1, 0.15) is 38.5 Å². The van der Waals surface area contributed by atoms with E-state index in [1.54, 1.807) is 0 Å². The molecule has 4 nitrogen and oxygen atoms in total. The molecule has 2 rings (SSSR count). The Bertz CT molecular complexity index is 230. The molecule has 4 heteroatoms. The molecule has 2 heterocycles. The van der Waals surface area contributed by atoms with Gasteiger partial charge in [-0.3, -0.25) is 4.79 Å². The average Bonchev–Trinajstić information content (AvgIpc) is 2.48. The molecule has 2 fully saturated rings. The molecule has 0 aromatic heterocycles. The van der Waals surface area contributed by atoms with E-state index in [1.165, 1.54) is 0 Å². The number of hydrogen-bond acceptors (Lipinski definition) is 3. The Morgan fingerprint density at radius 2 is 1.87 bits per heavy atom. The Kier molecular flexibility index (Phi) is 3.26. The van der Waals surface area contributed by atoms with Crippen molar-refractivity contribution in [1.82, 2.24) is 4.90 Å². The van der Waals surface area contributed by atoms with Gasteiger partial charge in [-0.2, -0.15) is 0 Å². The summed E-state index contributed by atoms with van der Waals surface area (Å²) in [6.45, 7) is 0.0809. The topological polar surface area (TPSA) is 60.8 Å². The third-order valence-corrected chi connectivity index (χ3v) is 3.54. The second-order valence-electron chi connectivity index (χ2n) is 4.64.